The van der Waals surface area contributed by atoms with E-state index >= 15 is 0 Å². The van der Waals surface area contributed by atoms with Crippen molar-refractivity contribution in [2.24, 2.45) is 0 Å². The maximum atomic E-state index is 13.1. The standard InChI is InChI=1S/C23H29N3O5/c1-15(2)18(13-27)24-21(28)19-11-8-12-26(19)22(29)20(16(3)4)25-23(30)31-14-17-9-6-5-7-10-17/h5-7,9-11,27H,8,12-14H2,1-4H3,(H,24,28)(H,25,30). The molecule has 0 aliphatic carbocycles. The number of nitrogens with zero attached hydrogens (tertiary/aromatic N) is 1. The predicted octanol–water partition coefficient (Wildman–Crippen LogP) is 2.73. The molecule has 31 heavy (non-hydrogen) atoms. The second-order valence-electron chi connectivity index (χ2n) is 7.49. The summed E-state index contributed by atoms with van der Waals surface area (Å²) < 4.78 is 5.21. The van der Waals surface area contributed by atoms with Crippen molar-refractivity contribution < 1.29 is 24.2 Å². The molecule has 1 aliphatic heterocycles. The minimum absolute atomic E-state index is 0.0586. The van der Waals surface area contributed by atoms with Crippen molar-refractivity contribution in [2.45, 2.75) is 40.7 Å². The van der Waals surface area contributed by atoms with Gasteiger partial charge < -0.3 is 20.1 Å². The lowest BCUT2D eigenvalue weighted by Gasteiger charge is -2.23. The number of alkyl carbamates (subject to hydrolysis) is 1. The van der Waals surface area contributed by atoms with Crippen LogP contribution in [0.4, 0.5) is 4.79 Å². The number of benzene rings is 1. The molecule has 166 valence electrons. The summed E-state index contributed by atoms with van der Waals surface area (Å²) in [6.45, 7) is 6.98. The van der Waals surface area contributed by atoms with Gasteiger partial charge in [0.2, 0.25) is 0 Å². The van der Waals surface area contributed by atoms with Crippen LogP contribution in [0.5, 0.6) is 0 Å². The monoisotopic (exact) mass is 427 g/mol. The molecular weight excluding hydrogens is 398 g/mol. The molecule has 3 amide bonds. The van der Waals surface area contributed by atoms with Gasteiger partial charge >= 0.3 is 6.09 Å². The fourth-order valence-corrected chi connectivity index (χ4v) is 2.90. The highest BCUT2D eigenvalue weighted by molar-refractivity contribution is 6.04. The lowest BCUT2D eigenvalue weighted by Crippen LogP contribution is -2.41. The summed E-state index contributed by atoms with van der Waals surface area (Å²) in [4.78, 5) is 39.4. The number of aliphatic hydroxyl groups is 1. The molecule has 1 aromatic carbocycles. The van der Waals surface area contributed by atoms with E-state index in [1.54, 1.807) is 33.8 Å². The van der Waals surface area contributed by atoms with E-state index in [1.165, 1.54) is 4.90 Å². The topological polar surface area (TPSA) is 108 Å². The zero-order valence-corrected chi connectivity index (χ0v) is 18.3. The number of allylic oxidation sites excluding steroid dienone is 2. The molecule has 1 aromatic rings. The Bertz CT molecular complexity index is 924. The number of amides is 3. The van der Waals surface area contributed by atoms with Crippen molar-refractivity contribution in [2.75, 3.05) is 13.2 Å². The van der Waals surface area contributed by atoms with Crippen LogP contribution < -0.4 is 10.6 Å². The van der Waals surface area contributed by atoms with Gasteiger partial charge in [0, 0.05) is 12.2 Å². The molecule has 0 spiro atoms. The van der Waals surface area contributed by atoms with E-state index < -0.39 is 17.9 Å². The number of rotatable bonds is 7. The largest absolute Gasteiger partial charge is 0.444 e. The van der Waals surface area contributed by atoms with Gasteiger partial charge in [-0.1, -0.05) is 42.0 Å². The first-order valence-electron chi connectivity index (χ1n) is 10.00. The molecule has 2 rings (SSSR count). The van der Waals surface area contributed by atoms with Crippen LogP contribution in [0, 0.1) is 0 Å². The Balaban J connectivity index is 2.08. The smallest absolute Gasteiger partial charge is 0.412 e. The van der Waals surface area contributed by atoms with Gasteiger partial charge in [0.1, 0.15) is 18.0 Å². The Morgan fingerprint density at radius 2 is 1.71 bits per heavy atom. The quantitative estimate of drug-likeness (QED) is 0.580. The van der Waals surface area contributed by atoms with Gasteiger partial charge in [0.15, 0.2) is 0 Å². The van der Waals surface area contributed by atoms with E-state index in [-0.39, 0.29) is 24.6 Å². The molecule has 0 fully saturated rings. The lowest BCUT2D eigenvalue weighted by molar-refractivity contribution is -0.129. The van der Waals surface area contributed by atoms with Gasteiger partial charge in [0.25, 0.3) is 11.8 Å². The van der Waals surface area contributed by atoms with Crippen LogP contribution in [0.3, 0.4) is 0 Å². The molecular formula is C23H29N3O5. The second-order valence-corrected chi connectivity index (χ2v) is 7.49. The number of hydrogen-bond acceptors (Lipinski definition) is 5. The van der Waals surface area contributed by atoms with E-state index in [0.717, 1.165) is 11.1 Å². The molecule has 0 aromatic heterocycles. The fourth-order valence-electron chi connectivity index (χ4n) is 2.90. The molecule has 0 saturated carbocycles. The second kappa shape index (κ2) is 11.1. The summed E-state index contributed by atoms with van der Waals surface area (Å²) >= 11 is 0. The third-order valence-corrected chi connectivity index (χ3v) is 4.64. The Morgan fingerprint density at radius 1 is 1.03 bits per heavy atom. The van der Waals surface area contributed by atoms with Crippen LogP contribution in [-0.4, -0.2) is 41.1 Å². The van der Waals surface area contributed by atoms with E-state index in [1.807, 2.05) is 30.3 Å². The first-order valence-corrected chi connectivity index (χ1v) is 10.00. The van der Waals surface area contributed by atoms with Gasteiger partial charge in [0.05, 0.1) is 6.61 Å². The molecule has 8 nitrogen and oxygen atoms in total. The summed E-state index contributed by atoms with van der Waals surface area (Å²) in [7, 11) is 0. The molecule has 0 saturated heterocycles. The summed E-state index contributed by atoms with van der Waals surface area (Å²) in [5.41, 5.74) is 2.78. The first kappa shape index (κ1) is 23.9. The van der Waals surface area contributed by atoms with Crippen LogP contribution in [0.25, 0.3) is 0 Å². The third kappa shape index (κ3) is 6.55. The van der Waals surface area contributed by atoms with Gasteiger partial charge in [-0.15, -0.1) is 0 Å². The van der Waals surface area contributed by atoms with E-state index in [0.29, 0.717) is 24.2 Å². The Hall–Kier alpha value is -3.39. The molecule has 0 radical (unpaired) electrons. The van der Waals surface area contributed by atoms with E-state index in [9.17, 15) is 19.5 Å². The number of carbonyl (C=O) groups excluding carboxylic acids is 3. The molecule has 0 bridgehead atoms. The van der Waals surface area contributed by atoms with Crippen molar-refractivity contribution in [3.63, 3.8) is 0 Å². The van der Waals surface area contributed by atoms with E-state index in [4.69, 9.17) is 4.74 Å². The predicted molar refractivity (Wildman–Crippen MR) is 116 cm³/mol. The normalized spacial score (nSPS) is 12.5. The Labute approximate surface area is 182 Å². The lowest BCUT2D eigenvalue weighted by atomic mass is 10.2. The SMILES string of the molecule is CC(C)=C(CO)NC(=O)C1=CCCN1C(=O)C(NC(=O)OCc1ccccc1)=C(C)C. The van der Waals surface area contributed by atoms with Crippen molar-refractivity contribution in [3.05, 3.63) is 70.2 Å². The van der Waals surface area contributed by atoms with Crippen LogP contribution in [0.15, 0.2) is 64.6 Å². The minimum Gasteiger partial charge on any atom is -0.444 e. The number of aliphatic hydroxyl groups excluding tert-OH is 1. The average molecular weight is 428 g/mol. The molecule has 1 aliphatic rings. The summed E-state index contributed by atoms with van der Waals surface area (Å²) in [5, 5.41) is 14.6. The highest BCUT2D eigenvalue weighted by atomic mass is 16.5. The van der Waals surface area contributed by atoms with Crippen LogP contribution in [0.1, 0.15) is 39.7 Å². The van der Waals surface area contributed by atoms with Crippen molar-refractivity contribution in [3.8, 4) is 0 Å². The van der Waals surface area contributed by atoms with Crippen LogP contribution in [-0.2, 0) is 20.9 Å². The van der Waals surface area contributed by atoms with Gasteiger partial charge in [-0.05, 0) is 45.3 Å². The van der Waals surface area contributed by atoms with Crippen LogP contribution >= 0.6 is 0 Å². The molecule has 1 heterocycles. The van der Waals surface area contributed by atoms with Gasteiger partial charge in [-0.3, -0.25) is 14.9 Å². The van der Waals surface area contributed by atoms with E-state index in [2.05, 4.69) is 10.6 Å². The highest BCUT2D eigenvalue weighted by Crippen LogP contribution is 2.19. The maximum Gasteiger partial charge on any atom is 0.412 e. The maximum absolute atomic E-state index is 13.1. The average Bonchev–Trinajstić information content (AvgIpc) is 3.24. The third-order valence-electron chi connectivity index (χ3n) is 4.64. The summed E-state index contributed by atoms with van der Waals surface area (Å²) in [5.74, 6) is -0.992. The van der Waals surface area contributed by atoms with Crippen LogP contribution in [0.2, 0.25) is 0 Å². The molecule has 3 N–H and O–H groups in total. The Kier molecular flexibility index (Phi) is 8.57. The number of ether oxygens (including phenoxy) is 1. The van der Waals surface area contributed by atoms with Crippen molar-refractivity contribution >= 4 is 17.9 Å². The zero-order chi connectivity index (χ0) is 23.0. The zero-order valence-electron chi connectivity index (χ0n) is 18.3. The molecule has 0 atom stereocenters. The van der Waals surface area contributed by atoms with Gasteiger partial charge in [-0.25, -0.2) is 4.79 Å². The number of nitrogens with one attached hydrogen (secondary N) is 2. The van der Waals surface area contributed by atoms with Gasteiger partial charge in [-0.2, -0.15) is 0 Å². The van der Waals surface area contributed by atoms with Crippen molar-refractivity contribution in [1.82, 2.24) is 15.5 Å². The minimum atomic E-state index is -0.755. The fraction of sp³-hybridized carbons (Fsp3) is 0.348. The number of hydrogen-bond donors (Lipinski definition) is 3. The Morgan fingerprint density at radius 3 is 2.29 bits per heavy atom. The highest BCUT2D eigenvalue weighted by Gasteiger charge is 2.30. The summed E-state index contributed by atoms with van der Waals surface area (Å²) in [6.07, 6.45) is 1.41. The summed E-state index contributed by atoms with van der Waals surface area (Å²) in [6, 6.07) is 9.19. The number of carbonyl (C=O) groups is 3. The molecule has 0 unspecified atom stereocenters. The van der Waals surface area contributed by atoms with Crippen molar-refractivity contribution in [1.29, 1.82) is 0 Å². The first-order chi connectivity index (χ1) is 14.7. The molecule has 8 heteroatoms.